The molecule has 16 heavy (non-hydrogen) atoms. The Morgan fingerprint density at radius 2 is 1.88 bits per heavy atom. The molecule has 3 nitrogen and oxygen atoms in total. The molecule has 0 aromatic rings. The summed E-state index contributed by atoms with van der Waals surface area (Å²) < 4.78 is 0. The zero-order valence-electron chi connectivity index (χ0n) is 10.0. The molecule has 0 amide bonds. The summed E-state index contributed by atoms with van der Waals surface area (Å²) in [6.07, 6.45) is 7.21. The van der Waals surface area contributed by atoms with Crippen LogP contribution in [0.4, 0.5) is 0 Å². The van der Waals surface area contributed by atoms with Gasteiger partial charge in [-0.25, -0.2) is 0 Å². The van der Waals surface area contributed by atoms with Crippen LogP contribution in [0.1, 0.15) is 32.1 Å². The minimum Gasteiger partial charge on any atom is -0.315 e. The van der Waals surface area contributed by atoms with Gasteiger partial charge in [0.2, 0.25) is 0 Å². The van der Waals surface area contributed by atoms with Gasteiger partial charge in [-0.05, 0) is 44.6 Å². The summed E-state index contributed by atoms with van der Waals surface area (Å²) in [5.74, 6) is 0.973. The molecule has 0 spiro atoms. The van der Waals surface area contributed by atoms with Crippen LogP contribution in [0.3, 0.4) is 0 Å². The van der Waals surface area contributed by atoms with E-state index in [1.807, 2.05) is 0 Å². The molecule has 4 fully saturated rings. The monoisotopic (exact) mass is 221 g/mol. The smallest absolute Gasteiger partial charge is 0.0338 e. The number of fused-ring (bicyclic) bond motifs is 4. The normalized spacial score (nSPS) is 52.1. The highest BCUT2D eigenvalue weighted by molar-refractivity contribution is 5.07. The first-order chi connectivity index (χ1) is 7.84. The fraction of sp³-hybridized carbons (Fsp3) is 1.00. The van der Waals surface area contributed by atoms with E-state index < -0.39 is 0 Å². The zero-order chi connectivity index (χ0) is 10.6. The van der Waals surface area contributed by atoms with Crippen LogP contribution in [0, 0.1) is 5.92 Å². The van der Waals surface area contributed by atoms with E-state index in [1.165, 1.54) is 58.3 Å². The molecular formula is C13H23N3. The molecule has 4 rings (SSSR count). The van der Waals surface area contributed by atoms with Gasteiger partial charge in [-0.15, -0.1) is 0 Å². The molecule has 1 saturated carbocycles. The number of hydrogen-bond acceptors (Lipinski definition) is 3. The highest BCUT2D eigenvalue weighted by Crippen LogP contribution is 2.42. The predicted octanol–water partition coefficient (Wildman–Crippen LogP) is 0.565. The molecule has 3 heterocycles. The molecule has 4 bridgehead atoms. The zero-order valence-corrected chi connectivity index (χ0v) is 10.0. The summed E-state index contributed by atoms with van der Waals surface area (Å²) in [6.45, 7) is 5.15. The Labute approximate surface area is 98.0 Å². The van der Waals surface area contributed by atoms with Gasteiger partial charge in [-0.1, -0.05) is 0 Å². The summed E-state index contributed by atoms with van der Waals surface area (Å²) >= 11 is 0. The van der Waals surface area contributed by atoms with Gasteiger partial charge in [0.05, 0.1) is 0 Å². The van der Waals surface area contributed by atoms with Crippen molar-refractivity contribution in [1.29, 1.82) is 0 Å². The number of rotatable bonds is 1. The minimum absolute atomic E-state index is 0.547. The second-order valence-electron chi connectivity index (χ2n) is 6.51. The van der Waals surface area contributed by atoms with Crippen LogP contribution < -0.4 is 10.6 Å². The van der Waals surface area contributed by atoms with Crippen LogP contribution in [-0.2, 0) is 0 Å². The average Bonchev–Trinajstić information content (AvgIpc) is 2.80. The maximum Gasteiger partial charge on any atom is 0.0338 e. The Morgan fingerprint density at radius 1 is 1.06 bits per heavy atom. The molecule has 0 radical (unpaired) electrons. The van der Waals surface area contributed by atoms with Crippen molar-refractivity contribution in [1.82, 2.24) is 15.5 Å². The summed E-state index contributed by atoms with van der Waals surface area (Å²) in [4.78, 5) is 2.85. The second kappa shape index (κ2) is 3.44. The van der Waals surface area contributed by atoms with Gasteiger partial charge in [0.25, 0.3) is 0 Å². The van der Waals surface area contributed by atoms with E-state index >= 15 is 0 Å². The molecule has 3 saturated heterocycles. The van der Waals surface area contributed by atoms with Crippen LogP contribution in [0.15, 0.2) is 0 Å². The maximum atomic E-state index is 3.75. The van der Waals surface area contributed by atoms with E-state index in [9.17, 15) is 0 Å². The maximum absolute atomic E-state index is 3.75. The molecule has 3 aliphatic heterocycles. The van der Waals surface area contributed by atoms with Crippen LogP contribution in [0.2, 0.25) is 0 Å². The highest BCUT2D eigenvalue weighted by Gasteiger charge is 2.48. The Bertz CT molecular complexity index is 277. The molecule has 0 aromatic carbocycles. The molecule has 4 atom stereocenters. The van der Waals surface area contributed by atoms with E-state index in [-0.39, 0.29) is 0 Å². The summed E-state index contributed by atoms with van der Waals surface area (Å²) in [5.41, 5.74) is 0.547. The summed E-state index contributed by atoms with van der Waals surface area (Å²) in [6, 6.07) is 1.60. The Hall–Kier alpha value is -0.120. The Morgan fingerprint density at radius 3 is 2.69 bits per heavy atom. The quantitative estimate of drug-likeness (QED) is 0.678. The number of likely N-dealkylation sites (tertiary alicyclic amines) is 1. The molecule has 1 aliphatic carbocycles. The standard InChI is InChI=1S/C13H23N3/c1-2-12-8-16(7-11(1)15-12)13-4-3-10(5-13)6-14-9-13/h10-12,14-15H,1-9H2. The minimum atomic E-state index is 0.547. The third-order valence-electron chi connectivity index (χ3n) is 5.46. The first-order valence-electron chi connectivity index (χ1n) is 7.06. The van der Waals surface area contributed by atoms with Crippen molar-refractivity contribution in [3.8, 4) is 0 Å². The van der Waals surface area contributed by atoms with Crippen LogP contribution >= 0.6 is 0 Å². The Kier molecular flexibility index (Phi) is 2.12. The van der Waals surface area contributed by atoms with Crippen LogP contribution in [0.5, 0.6) is 0 Å². The van der Waals surface area contributed by atoms with E-state index in [0.29, 0.717) is 5.54 Å². The van der Waals surface area contributed by atoms with Gasteiger partial charge in [0.1, 0.15) is 0 Å². The first kappa shape index (κ1) is 9.86. The fourth-order valence-corrected chi connectivity index (χ4v) is 4.64. The summed E-state index contributed by atoms with van der Waals surface area (Å²) in [7, 11) is 0. The topological polar surface area (TPSA) is 27.3 Å². The van der Waals surface area contributed by atoms with Crippen LogP contribution in [0.25, 0.3) is 0 Å². The largest absolute Gasteiger partial charge is 0.315 e. The molecular weight excluding hydrogens is 198 g/mol. The van der Waals surface area contributed by atoms with E-state index in [0.717, 1.165) is 18.0 Å². The molecule has 4 aliphatic rings. The third kappa shape index (κ3) is 1.38. The number of nitrogens with one attached hydrogen (secondary N) is 2. The van der Waals surface area contributed by atoms with Crippen molar-refractivity contribution in [3.63, 3.8) is 0 Å². The van der Waals surface area contributed by atoms with Crippen molar-refractivity contribution in [2.75, 3.05) is 26.2 Å². The second-order valence-corrected chi connectivity index (χ2v) is 6.51. The number of piperazine rings is 1. The number of nitrogens with zero attached hydrogens (tertiary/aromatic N) is 1. The van der Waals surface area contributed by atoms with Gasteiger partial charge >= 0.3 is 0 Å². The van der Waals surface area contributed by atoms with E-state index in [2.05, 4.69) is 15.5 Å². The van der Waals surface area contributed by atoms with E-state index in [1.54, 1.807) is 0 Å². The lowest BCUT2D eigenvalue weighted by Gasteiger charge is -2.48. The Balaban J connectivity index is 1.56. The van der Waals surface area contributed by atoms with Crippen molar-refractivity contribution in [3.05, 3.63) is 0 Å². The molecule has 90 valence electrons. The van der Waals surface area contributed by atoms with E-state index in [4.69, 9.17) is 0 Å². The van der Waals surface area contributed by atoms with Gasteiger partial charge in [0.15, 0.2) is 0 Å². The first-order valence-corrected chi connectivity index (χ1v) is 7.06. The lowest BCUT2D eigenvalue weighted by molar-refractivity contribution is 0.0443. The fourth-order valence-electron chi connectivity index (χ4n) is 4.64. The van der Waals surface area contributed by atoms with Gasteiger partial charge in [-0.3, -0.25) is 4.90 Å². The SMILES string of the molecule is C1CC2(N3CC4CCC(C3)N4)CNCC1C2. The molecule has 2 N–H and O–H groups in total. The number of piperidine rings is 1. The highest BCUT2D eigenvalue weighted by atomic mass is 15.3. The van der Waals surface area contributed by atoms with Gasteiger partial charge in [0, 0.05) is 37.3 Å². The summed E-state index contributed by atoms with van der Waals surface area (Å²) in [5, 5.41) is 7.43. The molecule has 3 heteroatoms. The van der Waals surface area contributed by atoms with Crippen LogP contribution in [-0.4, -0.2) is 48.7 Å². The van der Waals surface area contributed by atoms with Gasteiger partial charge in [-0.2, -0.15) is 0 Å². The molecule has 4 unspecified atom stereocenters. The van der Waals surface area contributed by atoms with Crippen molar-refractivity contribution < 1.29 is 0 Å². The predicted molar refractivity (Wildman–Crippen MR) is 64.5 cm³/mol. The lowest BCUT2D eigenvalue weighted by Crippen LogP contribution is -2.63. The average molecular weight is 221 g/mol. The number of hydrogen-bond donors (Lipinski definition) is 2. The van der Waals surface area contributed by atoms with Crippen molar-refractivity contribution in [2.45, 2.75) is 49.7 Å². The lowest BCUT2D eigenvalue weighted by atomic mass is 9.89. The van der Waals surface area contributed by atoms with Gasteiger partial charge < -0.3 is 10.6 Å². The third-order valence-corrected chi connectivity index (χ3v) is 5.46. The molecule has 0 aromatic heterocycles. The van der Waals surface area contributed by atoms with Crippen molar-refractivity contribution >= 4 is 0 Å². The van der Waals surface area contributed by atoms with Crippen molar-refractivity contribution in [2.24, 2.45) is 5.92 Å².